The number of carbonyl (C=O) groups excluding carboxylic acids is 1. The van der Waals surface area contributed by atoms with E-state index in [0.717, 1.165) is 6.42 Å². The molecular weight excluding hydrogens is 200 g/mol. The Morgan fingerprint density at radius 2 is 2.36 bits per heavy atom. The zero-order valence-corrected chi connectivity index (χ0v) is 8.58. The van der Waals surface area contributed by atoms with Crippen LogP contribution in [0.25, 0.3) is 0 Å². The number of nitrogens with one attached hydrogen (secondary N) is 1. The van der Waals surface area contributed by atoms with Crippen LogP contribution in [0.1, 0.15) is 13.3 Å². The molecule has 0 aromatic carbocycles. The molecule has 1 amide bonds. The van der Waals surface area contributed by atoms with E-state index >= 15 is 0 Å². The number of hydrogen-bond acceptors (Lipinski definition) is 2. The van der Waals surface area contributed by atoms with Gasteiger partial charge in [0.1, 0.15) is 5.82 Å². The number of hydrogen-bond donors (Lipinski definition) is 1. The molecular formula is C10H11ClN2O. The first kappa shape index (κ1) is 9.46. The minimum atomic E-state index is 0.0623. The Labute approximate surface area is 87.5 Å². The van der Waals surface area contributed by atoms with E-state index in [1.165, 1.54) is 6.20 Å². The van der Waals surface area contributed by atoms with Gasteiger partial charge >= 0.3 is 0 Å². The van der Waals surface area contributed by atoms with Crippen LogP contribution < -0.4 is 5.32 Å². The third-order valence-corrected chi connectivity index (χ3v) is 2.65. The van der Waals surface area contributed by atoms with Gasteiger partial charge in [0.05, 0.1) is 5.02 Å². The van der Waals surface area contributed by atoms with Gasteiger partial charge in [-0.1, -0.05) is 18.5 Å². The molecule has 2 unspecified atom stereocenters. The number of amides is 1. The Bertz CT molecular complexity index is 350. The van der Waals surface area contributed by atoms with E-state index in [0.29, 0.717) is 16.8 Å². The van der Waals surface area contributed by atoms with Gasteiger partial charge in [-0.2, -0.15) is 0 Å². The van der Waals surface area contributed by atoms with E-state index in [-0.39, 0.29) is 11.8 Å². The molecule has 0 radical (unpaired) electrons. The van der Waals surface area contributed by atoms with E-state index in [1.807, 2.05) is 0 Å². The number of rotatable bonds is 2. The third-order valence-electron chi connectivity index (χ3n) is 2.42. The first-order chi connectivity index (χ1) is 6.66. The van der Waals surface area contributed by atoms with Gasteiger partial charge in [0, 0.05) is 12.1 Å². The highest BCUT2D eigenvalue weighted by molar-refractivity contribution is 6.30. The fourth-order valence-electron chi connectivity index (χ4n) is 1.36. The highest BCUT2D eigenvalue weighted by Crippen LogP contribution is 2.38. The molecule has 0 aliphatic heterocycles. The summed E-state index contributed by atoms with van der Waals surface area (Å²) in [5, 5.41) is 3.32. The zero-order valence-electron chi connectivity index (χ0n) is 7.83. The number of anilines is 1. The Kier molecular flexibility index (Phi) is 2.42. The molecule has 14 heavy (non-hydrogen) atoms. The standard InChI is InChI=1S/C10H11ClN2O/c1-6-4-8(6)10(14)13-9-3-2-7(11)5-12-9/h2-3,5-6,8H,4H2,1H3,(H,12,13,14). The first-order valence-corrected chi connectivity index (χ1v) is 4.97. The monoisotopic (exact) mass is 210 g/mol. The maximum Gasteiger partial charge on any atom is 0.228 e. The number of pyridine rings is 1. The van der Waals surface area contributed by atoms with Crippen molar-refractivity contribution in [1.82, 2.24) is 4.98 Å². The van der Waals surface area contributed by atoms with E-state index in [1.54, 1.807) is 12.1 Å². The van der Waals surface area contributed by atoms with Crippen LogP contribution in [0.15, 0.2) is 18.3 Å². The van der Waals surface area contributed by atoms with Crippen molar-refractivity contribution < 1.29 is 4.79 Å². The average Bonchev–Trinajstić information content (AvgIpc) is 2.87. The lowest BCUT2D eigenvalue weighted by Crippen LogP contribution is -2.15. The lowest BCUT2D eigenvalue weighted by Gasteiger charge is -2.02. The maximum absolute atomic E-state index is 11.5. The summed E-state index contributed by atoms with van der Waals surface area (Å²) in [5.41, 5.74) is 0. The highest BCUT2D eigenvalue weighted by atomic mass is 35.5. The summed E-state index contributed by atoms with van der Waals surface area (Å²) < 4.78 is 0. The molecule has 4 heteroatoms. The number of nitrogens with zero attached hydrogens (tertiary/aromatic N) is 1. The fraction of sp³-hybridized carbons (Fsp3) is 0.400. The van der Waals surface area contributed by atoms with Crippen LogP contribution in [0, 0.1) is 11.8 Å². The van der Waals surface area contributed by atoms with E-state index in [2.05, 4.69) is 17.2 Å². The van der Waals surface area contributed by atoms with Crippen LogP contribution >= 0.6 is 11.6 Å². The first-order valence-electron chi connectivity index (χ1n) is 4.59. The highest BCUT2D eigenvalue weighted by Gasteiger charge is 2.39. The summed E-state index contributed by atoms with van der Waals surface area (Å²) in [6.45, 7) is 2.07. The Morgan fingerprint density at radius 3 is 2.86 bits per heavy atom. The molecule has 0 bridgehead atoms. The van der Waals surface area contributed by atoms with Gasteiger partial charge in [-0.3, -0.25) is 4.79 Å². The van der Waals surface area contributed by atoms with E-state index in [4.69, 9.17) is 11.6 Å². The SMILES string of the molecule is CC1CC1C(=O)Nc1ccc(Cl)cn1. The summed E-state index contributed by atoms with van der Waals surface area (Å²) in [5.74, 6) is 1.32. The van der Waals surface area contributed by atoms with Crippen LogP contribution in [0.4, 0.5) is 5.82 Å². The quantitative estimate of drug-likeness (QED) is 0.814. The lowest BCUT2D eigenvalue weighted by atomic mass is 10.3. The second kappa shape index (κ2) is 3.58. The molecule has 74 valence electrons. The van der Waals surface area contributed by atoms with Crippen molar-refractivity contribution in [2.24, 2.45) is 11.8 Å². The van der Waals surface area contributed by atoms with Crippen molar-refractivity contribution in [1.29, 1.82) is 0 Å². The topological polar surface area (TPSA) is 42.0 Å². The molecule has 1 heterocycles. The van der Waals surface area contributed by atoms with Crippen molar-refractivity contribution in [3.63, 3.8) is 0 Å². The summed E-state index contributed by atoms with van der Waals surface area (Å²) in [4.78, 5) is 15.5. The van der Waals surface area contributed by atoms with Crippen molar-refractivity contribution in [2.45, 2.75) is 13.3 Å². The van der Waals surface area contributed by atoms with Gasteiger partial charge in [-0.25, -0.2) is 4.98 Å². The predicted octanol–water partition coefficient (Wildman–Crippen LogP) is 2.33. The van der Waals surface area contributed by atoms with Crippen LogP contribution in [-0.2, 0) is 4.79 Å². The van der Waals surface area contributed by atoms with Crippen LogP contribution in [-0.4, -0.2) is 10.9 Å². The molecule has 1 fully saturated rings. The number of aromatic nitrogens is 1. The average molecular weight is 211 g/mol. The van der Waals surface area contributed by atoms with Gasteiger partial charge in [-0.15, -0.1) is 0 Å². The smallest absolute Gasteiger partial charge is 0.228 e. The normalized spacial score (nSPS) is 24.4. The zero-order chi connectivity index (χ0) is 10.1. The molecule has 1 aliphatic rings. The largest absolute Gasteiger partial charge is 0.310 e. The minimum Gasteiger partial charge on any atom is -0.310 e. The second-order valence-electron chi connectivity index (χ2n) is 3.67. The minimum absolute atomic E-state index is 0.0623. The molecule has 0 saturated heterocycles. The molecule has 1 aromatic rings. The van der Waals surface area contributed by atoms with Crippen LogP contribution in [0.3, 0.4) is 0 Å². The summed E-state index contributed by atoms with van der Waals surface area (Å²) in [6.07, 6.45) is 2.51. The molecule has 1 aromatic heterocycles. The van der Waals surface area contributed by atoms with E-state index < -0.39 is 0 Å². The third kappa shape index (κ3) is 2.04. The number of halogens is 1. The fourth-order valence-corrected chi connectivity index (χ4v) is 1.47. The van der Waals surface area contributed by atoms with Crippen LogP contribution in [0.5, 0.6) is 0 Å². The Balaban J connectivity index is 1.97. The summed E-state index contributed by atoms with van der Waals surface area (Å²) in [6, 6.07) is 3.41. The molecule has 1 aliphatic carbocycles. The van der Waals surface area contributed by atoms with E-state index in [9.17, 15) is 4.79 Å². The van der Waals surface area contributed by atoms with Gasteiger partial charge in [0.2, 0.25) is 5.91 Å². The number of carbonyl (C=O) groups is 1. The molecule has 1 saturated carbocycles. The molecule has 3 nitrogen and oxygen atoms in total. The van der Waals surface area contributed by atoms with Crippen molar-refractivity contribution in [2.75, 3.05) is 5.32 Å². The van der Waals surface area contributed by atoms with Crippen LogP contribution in [0.2, 0.25) is 5.02 Å². The predicted molar refractivity (Wildman–Crippen MR) is 55.1 cm³/mol. The molecule has 0 spiro atoms. The molecule has 2 atom stereocenters. The molecule has 2 rings (SSSR count). The maximum atomic E-state index is 11.5. The lowest BCUT2D eigenvalue weighted by molar-refractivity contribution is -0.117. The van der Waals surface area contributed by atoms with Gasteiger partial charge < -0.3 is 5.32 Å². The van der Waals surface area contributed by atoms with Gasteiger partial charge in [0.15, 0.2) is 0 Å². The molecule has 1 N–H and O–H groups in total. The van der Waals surface area contributed by atoms with Gasteiger partial charge in [-0.05, 0) is 24.5 Å². The summed E-state index contributed by atoms with van der Waals surface area (Å²) >= 11 is 5.67. The summed E-state index contributed by atoms with van der Waals surface area (Å²) in [7, 11) is 0. The van der Waals surface area contributed by atoms with Gasteiger partial charge in [0.25, 0.3) is 0 Å². The van der Waals surface area contributed by atoms with Crippen molar-refractivity contribution >= 4 is 23.3 Å². The van der Waals surface area contributed by atoms with Crippen molar-refractivity contribution in [3.8, 4) is 0 Å². The van der Waals surface area contributed by atoms with Crippen molar-refractivity contribution in [3.05, 3.63) is 23.4 Å². The second-order valence-corrected chi connectivity index (χ2v) is 4.11. The Morgan fingerprint density at radius 1 is 1.64 bits per heavy atom. The Hall–Kier alpha value is -1.09.